The number of fused-ring (bicyclic) bond motifs is 1. The largest absolute Gasteiger partial charge is 0.497 e. The molecule has 1 amide bonds. The topological polar surface area (TPSA) is 148 Å². The first-order valence-corrected chi connectivity index (χ1v) is 17.4. The van der Waals surface area contributed by atoms with Gasteiger partial charge in [-0.15, -0.1) is 0 Å². The number of methoxy groups -OCH3 is 3. The molecule has 6 aromatic rings. The summed E-state index contributed by atoms with van der Waals surface area (Å²) in [6.45, 7) is 0.104. The molecule has 278 valence electrons. The predicted octanol–water partition coefficient (Wildman–Crippen LogP) is 5.39. The summed E-state index contributed by atoms with van der Waals surface area (Å²) in [4.78, 5) is 26.5. The van der Waals surface area contributed by atoms with E-state index in [2.05, 4.69) is 20.3 Å². The Morgan fingerprint density at radius 2 is 1.39 bits per heavy atom. The van der Waals surface area contributed by atoms with E-state index in [1.165, 1.54) is 6.33 Å². The van der Waals surface area contributed by atoms with E-state index in [0.717, 1.165) is 16.7 Å². The number of hydrogen-bond donors (Lipinski definition) is 2. The zero-order valence-electron chi connectivity index (χ0n) is 30.1. The van der Waals surface area contributed by atoms with Crippen molar-refractivity contribution in [2.45, 2.75) is 30.1 Å². The Morgan fingerprint density at radius 3 is 1.98 bits per heavy atom. The van der Waals surface area contributed by atoms with E-state index in [1.54, 1.807) is 56.5 Å². The molecule has 0 saturated carbocycles. The minimum Gasteiger partial charge on any atom is -0.497 e. The highest BCUT2D eigenvalue weighted by Crippen LogP contribution is 2.46. The average molecular weight is 732 g/mol. The molecule has 0 spiro atoms. The molecule has 0 radical (unpaired) electrons. The molecule has 4 atom stereocenters. The Kier molecular flexibility index (Phi) is 11.2. The van der Waals surface area contributed by atoms with Gasteiger partial charge in [-0.3, -0.25) is 9.36 Å². The molecule has 1 saturated heterocycles. The van der Waals surface area contributed by atoms with Gasteiger partial charge in [-0.2, -0.15) is 0 Å². The molecule has 1 fully saturated rings. The fraction of sp³-hybridized carbons (Fsp3) is 0.268. The SMILES string of the molecule is COCCO[C@@H]1[C@H](OC(c2ccccc2)(c2ccc(OC)cc2)c2ccc(OC)cc2)[C@@H](CO)O[C@H]1n1cnc2c(NC(=O)c3ccccc3)ncnc21. The average Bonchev–Trinajstić information content (AvgIpc) is 3.82. The van der Waals surface area contributed by atoms with Crippen LogP contribution in [-0.2, 0) is 24.5 Å². The number of rotatable bonds is 15. The number of amides is 1. The van der Waals surface area contributed by atoms with Gasteiger partial charge >= 0.3 is 0 Å². The van der Waals surface area contributed by atoms with Crippen molar-refractivity contribution in [1.82, 2.24) is 19.5 Å². The molecule has 1 aliphatic heterocycles. The number of carbonyl (C=O) groups is 1. The van der Waals surface area contributed by atoms with Crippen LogP contribution in [0.1, 0.15) is 33.3 Å². The molecule has 7 rings (SSSR count). The van der Waals surface area contributed by atoms with Crippen molar-refractivity contribution in [3.8, 4) is 11.5 Å². The maximum atomic E-state index is 13.1. The van der Waals surface area contributed by atoms with Gasteiger partial charge in [0.25, 0.3) is 5.91 Å². The van der Waals surface area contributed by atoms with E-state index in [4.69, 9.17) is 28.4 Å². The lowest BCUT2D eigenvalue weighted by atomic mass is 9.79. The van der Waals surface area contributed by atoms with Crippen LogP contribution in [0.15, 0.2) is 122 Å². The predicted molar refractivity (Wildman–Crippen MR) is 200 cm³/mol. The van der Waals surface area contributed by atoms with Crippen molar-refractivity contribution in [2.24, 2.45) is 0 Å². The third-order valence-corrected chi connectivity index (χ3v) is 9.45. The van der Waals surface area contributed by atoms with Gasteiger partial charge in [-0.25, -0.2) is 15.0 Å². The minimum absolute atomic E-state index is 0.197. The Hall–Kier alpha value is -5.70. The van der Waals surface area contributed by atoms with Gasteiger partial charge in [0.05, 0.1) is 40.4 Å². The van der Waals surface area contributed by atoms with E-state index in [9.17, 15) is 9.90 Å². The number of ether oxygens (including phenoxy) is 6. The number of nitrogens with one attached hydrogen (secondary N) is 1. The van der Waals surface area contributed by atoms with E-state index < -0.39 is 30.1 Å². The molecule has 0 bridgehead atoms. The van der Waals surface area contributed by atoms with E-state index in [1.807, 2.05) is 84.9 Å². The summed E-state index contributed by atoms with van der Waals surface area (Å²) in [5, 5.41) is 13.8. The van der Waals surface area contributed by atoms with E-state index >= 15 is 0 Å². The molecule has 0 aliphatic carbocycles. The van der Waals surface area contributed by atoms with Crippen LogP contribution in [0.4, 0.5) is 5.82 Å². The first-order valence-electron chi connectivity index (χ1n) is 17.4. The summed E-state index contributed by atoms with van der Waals surface area (Å²) in [6, 6.07) is 34.1. The summed E-state index contributed by atoms with van der Waals surface area (Å²) >= 11 is 0. The lowest BCUT2D eigenvalue weighted by Gasteiger charge is -2.40. The van der Waals surface area contributed by atoms with Crippen LogP contribution in [0.25, 0.3) is 11.2 Å². The van der Waals surface area contributed by atoms with Crippen LogP contribution in [0, 0.1) is 0 Å². The molecular weight excluding hydrogens is 690 g/mol. The summed E-state index contributed by atoms with van der Waals surface area (Å²) in [7, 11) is 4.83. The van der Waals surface area contributed by atoms with Crippen molar-refractivity contribution in [3.63, 3.8) is 0 Å². The normalized spacial score (nSPS) is 18.4. The quantitative estimate of drug-likeness (QED) is 0.103. The summed E-state index contributed by atoms with van der Waals surface area (Å²) in [5.74, 6) is 1.26. The number of nitrogens with zero attached hydrogens (tertiary/aromatic N) is 4. The zero-order chi connectivity index (χ0) is 37.5. The molecule has 54 heavy (non-hydrogen) atoms. The Balaban J connectivity index is 1.34. The maximum absolute atomic E-state index is 13.1. The van der Waals surface area contributed by atoms with Crippen LogP contribution in [0.2, 0.25) is 0 Å². The second-order valence-electron chi connectivity index (χ2n) is 12.5. The van der Waals surface area contributed by atoms with Crippen molar-refractivity contribution < 1.29 is 38.3 Å². The smallest absolute Gasteiger partial charge is 0.256 e. The lowest BCUT2D eigenvalue weighted by molar-refractivity contribution is -0.129. The third-order valence-electron chi connectivity index (χ3n) is 9.45. The number of hydrogen-bond acceptors (Lipinski definition) is 11. The van der Waals surface area contributed by atoms with Crippen LogP contribution in [0.5, 0.6) is 11.5 Å². The van der Waals surface area contributed by atoms with Gasteiger partial charge in [0, 0.05) is 12.7 Å². The number of aliphatic hydroxyl groups is 1. The Labute approximate surface area is 312 Å². The zero-order valence-corrected chi connectivity index (χ0v) is 30.1. The summed E-state index contributed by atoms with van der Waals surface area (Å²) < 4.78 is 38.8. The van der Waals surface area contributed by atoms with E-state index in [-0.39, 0.29) is 24.9 Å². The van der Waals surface area contributed by atoms with Crippen molar-refractivity contribution in [2.75, 3.05) is 46.5 Å². The van der Waals surface area contributed by atoms with Gasteiger partial charge in [-0.05, 0) is 53.1 Å². The van der Waals surface area contributed by atoms with Crippen LogP contribution in [0.3, 0.4) is 0 Å². The second-order valence-corrected chi connectivity index (χ2v) is 12.5. The van der Waals surface area contributed by atoms with Crippen molar-refractivity contribution in [1.29, 1.82) is 0 Å². The van der Waals surface area contributed by atoms with Gasteiger partial charge in [0.15, 0.2) is 23.2 Å². The van der Waals surface area contributed by atoms with Gasteiger partial charge < -0.3 is 38.8 Å². The number of imidazole rings is 1. The van der Waals surface area contributed by atoms with Crippen molar-refractivity contribution in [3.05, 3.63) is 144 Å². The van der Waals surface area contributed by atoms with Gasteiger partial charge in [-0.1, -0.05) is 72.8 Å². The number of carbonyl (C=O) groups excluding carboxylic acids is 1. The summed E-state index contributed by atoms with van der Waals surface area (Å²) in [6.07, 6.45) is -0.504. The lowest BCUT2D eigenvalue weighted by Crippen LogP contribution is -2.46. The Morgan fingerprint density at radius 1 is 0.778 bits per heavy atom. The molecule has 4 aromatic carbocycles. The highest BCUT2D eigenvalue weighted by atomic mass is 16.6. The van der Waals surface area contributed by atoms with Gasteiger partial charge in [0.1, 0.15) is 41.7 Å². The first-order chi connectivity index (χ1) is 26.5. The maximum Gasteiger partial charge on any atom is 0.256 e. The first kappa shape index (κ1) is 36.6. The third kappa shape index (κ3) is 7.15. The standard InChI is InChI=1S/C41H41N5O8/c1-49-22-23-52-36-35(33(24-47)53-40(36)46-26-44-34-37(42-25-43-38(34)46)45-39(48)27-10-6-4-7-11-27)54-41(28-12-8-5-9-13-28,29-14-18-31(50-2)19-15-29)30-16-20-32(51-3)21-17-30/h4-21,25-26,33,35-36,40,47H,22-24H2,1-3H3,(H,42,43,45,48)/t33-,35-,36-,40-/m1/s1. The molecule has 1 aliphatic rings. The number of aliphatic hydroxyl groups excluding tert-OH is 1. The molecule has 2 N–H and O–H groups in total. The highest BCUT2D eigenvalue weighted by Gasteiger charge is 2.52. The Bertz CT molecular complexity index is 2080. The highest BCUT2D eigenvalue weighted by molar-refractivity contribution is 6.06. The number of anilines is 1. The van der Waals surface area contributed by atoms with Crippen molar-refractivity contribution >= 4 is 22.9 Å². The molecule has 0 unspecified atom stereocenters. The van der Waals surface area contributed by atoms with E-state index in [0.29, 0.717) is 34.8 Å². The van der Waals surface area contributed by atoms with Crippen LogP contribution in [-0.4, -0.2) is 90.0 Å². The minimum atomic E-state index is -1.24. The van der Waals surface area contributed by atoms with Crippen LogP contribution >= 0.6 is 0 Å². The molecular formula is C41H41N5O8. The molecule has 13 nitrogen and oxygen atoms in total. The monoisotopic (exact) mass is 731 g/mol. The molecule has 13 heteroatoms. The molecule has 3 heterocycles. The second kappa shape index (κ2) is 16.5. The fourth-order valence-corrected chi connectivity index (χ4v) is 6.80. The van der Waals surface area contributed by atoms with Crippen LogP contribution < -0.4 is 14.8 Å². The summed E-state index contributed by atoms with van der Waals surface area (Å²) in [5.41, 5.74) is 2.39. The molecule has 2 aromatic heterocycles. The van der Waals surface area contributed by atoms with Gasteiger partial charge in [0.2, 0.25) is 0 Å². The number of aromatic nitrogens is 4. The fourth-order valence-electron chi connectivity index (χ4n) is 6.80. The number of benzene rings is 4.